The zero-order valence-corrected chi connectivity index (χ0v) is 15.1. The third kappa shape index (κ3) is 3.02. The number of imidazole rings is 1. The molecule has 1 aliphatic rings. The molecule has 132 valence electrons. The van der Waals surface area contributed by atoms with Gasteiger partial charge in [-0.15, -0.1) is 0 Å². The first-order chi connectivity index (χ1) is 12.1. The van der Waals surface area contributed by atoms with E-state index in [9.17, 15) is 0 Å². The third-order valence-electron chi connectivity index (χ3n) is 5.28. The fourth-order valence-electron chi connectivity index (χ4n) is 4.02. The Hall–Kier alpha value is -2.34. The van der Waals surface area contributed by atoms with E-state index in [1.165, 1.54) is 18.5 Å². The van der Waals surface area contributed by atoms with Gasteiger partial charge in [0, 0.05) is 26.8 Å². The van der Waals surface area contributed by atoms with Gasteiger partial charge in [-0.3, -0.25) is 4.90 Å². The van der Waals surface area contributed by atoms with E-state index in [2.05, 4.69) is 45.5 Å². The maximum atomic E-state index is 5.93. The van der Waals surface area contributed by atoms with Crippen molar-refractivity contribution in [3.8, 4) is 0 Å². The molecule has 25 heavy (non-hydrogen) atoms. The molecule has 0 N–H and O–H groups in total. The minimum Gasteiger partial charge on any atom is -0.423 e. The Morgan fingerprint density at radius 2 is 2.12 bits per heavy atom. The Kier molecular flexibility index (Phi) is 4.21. The fourth-order valence-corrected chi connectivity index (χ4v) is 4.02. The molecular formula is C19H25N5O. The zero-order chi connectivity index (χ0) is 17.4. The molecule has 3 heterocycles. The molecule has 1 aromatic carbocycles. The van der Waals surface area contributed by atoms with Crippen LogP contribution >= 0.6 is 0 Å². The van der Waals surface area contributed by atoms with Crippen LogP contribution in [-0.4, -0.2) is 46.6 Å². The molecule has 3 aromatic rings. The second-order valence-electron chi connectivity index (χ2n) is 7.10. The average Bonchev–Trinajstić information content (AvgIpc) is 3.21. The lowest BCUT2D eigenvalue weighted by Gasteiger charge is -2.40. The molecule has 0 bridgehead atoms. The molecule has 0 saturated carbocycles. The quantitative estimate of drug-likeness (QED) is 0.731. The van der Waals surface area contributed by atoms with Gasteiger partial charge in [0.1, 0.15) is 5.52 Å². The molecule has 0 aliphatic carbocycles. The summed E-state index contributed by atoms with van der Waals surface area (Å²) in [5, 5.41) is 0. The molecule has 0 unspecified atom stereocenters. The molecule has 6 nitrogen and oxygen atoms in total. The highest BCUT2D eigenvalue weighted by atomic mass is 16.4. The zero-order valence-electron chi connectivity index (χ0n) is 15.1. The van der Waals surface area contributed by atoms with Crippen LogP contribution in [0.4, 0.5) is 6.01 Å². The third-order valence-corrected chi connectivity index (χ3v) is 5.28. The normalized spacial score (nSPS) is 21.7. The second kappa shape index (κ2) is 6.52. The van der Waals surface area contributed by atoms with Crippen LogP contribution in [0.2, 0.25) is 0 Å². The van der Waals surface area contributed by atoms with Gasteiger partial charge in [0.2, 0.25) is 0 Å². The number of hydrogen-bond donors (Lipinski definition) is 0. The predicted molar refractivity (Wildman–Crippen MR) is 98.6 cm³/mol. The molecular weight excluding hydrogens is 314 g/mol. The summed E-state index contributed by atoms with van der Waals surface area (Å²) < 4.78 is 8.07. The minimum absolute atomic E-state index is 0.369. The standard InChI is InChI=1S/C19H25N5O/c1-22-10-6-7-14(18(22)16-11-20-13-24(16)3)12-23(2)19-21-15-8-4-5-9-17(15)25-19/h4-5,8-9,11,13-14,18H,6-7,10,12H2,1-3H3/t14-,18+/m0/s1. The Balaban J connectivity index is 1.57. The summed E-state index contributed by atoms with van der Waals surface area (Å²) in [5.41, 5.74) is 3.03. The molecule has 6 heteroatoms. The molecule has 0 amide bonds. The maximum Gasteiger partial charge on any atom is 0.298 e. The van der Waals surface area contributed by atoms with E-state index in [4.69, 9.17) is 4.42 Å². The van der Waals surface area contributed by atoms with E-state index in [0.29, 0.717) is 18.0 Å². The summed E-state index contributed by atoms with van der Waals surface area (Å²) >= 11 is 0. The van der Waals surface area contributed by atoms with Crippen LogP contribution in [0.25, 0.3) is 11.1 Å². The minimum atomic E-state index is 0.369. The van der Waals surface area contributed by atoms with Gasteiger partial charge in [-0.2, -0.15) is 4.98 Å². The monoisotopic (exact) mass is 339 g/mol. The highest BCUT2D eigenvalue weighted by Crippen LogP contribution is 2.36. The number of aromatic nitrogens is 3. The van der Waals surface area contributed by atoms with Crippen molar-refractivity contribution in [2.75, 3.05) is 32.1 Å². The number of rotatable bonds is 4. The summed E-state index contributed by atoms with van der Waals surface area (Å²) in [6, 6.07) is 8.98. The SMILES string of the molecule is CN(C[C@@H]1CCCN(C)[C@H]1c1cncn1C)c1nc2ccccc2o1. The molecule has 0 spiro atoms. The number of fused-ring (bicyclic) bond motifs is 1. The molecule has 2 atom stereocenters. The van der Waals surface area contributed by atoms with Gasteiger partial charge in [0.15, 0.2) is 5.58 Å². The van der Waals surface area contributed by atoms with Gasteiger partial charge in [0.25, 0.3) is 6.01 Å². The van der Waals surface area contributed by atoms with Gasteiger partial charge in [-0.05, 0) is 44.5 Å². The van der Waals surface area contributed by atoms with Crippen molar-refractivity contribution in [2.45, 2.75) is 18.9 Å². The van der Waals surface area contributed by atoms with Crippen molar-refractivity contribution < 1.29 is 4.42 Å². The van der Waals surface area contributed by atoms with Gasteiger partial charge in [0.05, 0.1) is 18.1 Å². The van der Waals surface area contributed by atoms with E-state index in [-0.39, 0.29) is 0 Å². The van der Waals surface area contributed by atoms with E-state index < -0.39 is 0 Å². The summed E-state index contributed by atoms with van der Waals surface area (Å²) in [4.78, 5) is 13.5. The number of aryl methyl sites for hydroxylation is 1. The predicted octanol–water partition coefficient (Wildman–Crippen LogP) is 3.08. The van der Waals surface area contributed by atoms with E-state index >= 15 is 0 Å². The summed E-state index contributed by atoms with van der Waals surface area (Å²) in [7, 11) is 6.36. The first-order valence-electron chi connectivity index (χ1n) is 8.86. The van der Waals surface area contributed by atoms with Crippen LogP contribution in [0.5, 0.6) is 0 Å². The number of likely N-dealkylation sites (tertiary alicyclic amines) is 1. The highest BCUT2D eigenvalue weighted by molar-refractivity contribution is 5.74. The number of para-hydroxylation sites is 2. The lowest BCUT2D eigenvalue weighted by atomic mass is 9.87. The summed E-state index contributed by atoms with van der Waals surface area (Å²) in [6.45, 7) is 2.03. The van der Waals surface area contributed by atoms with Crippen LogP contribution in [0.15, 0.2) is 41.2 Å². The van der Waals surface area contributed by atoms with E-state index in [0.717, 1.165) is 24.2 Å². The number of oxazole rings is 1. The van der Waals surface area contributed by atoms with Gasteiger partial charge < -0.3 is 13.9 Å². The topological polar surface area (TPSA) is 50.3 Å². The second-order valence-corrected chi connectivity index (χ2v) is 7.10. The van der Waals surface area contributed by atoms with E-state index in [1.807, 2.05) is 36.8 Å². The van der Waals surface area contributed by atoms with E-state index in [1.54, 1.807) is 0 Å². The highest BCUT2D eigenvalue weighted by Gasteiger charge is 2.33. The largest absolute Gasteiger partial charge is 0.423 e. The molecule has 1 fully saturated rings. The Morgan fingerprint density at radius 1 is 1.28 bits per heavy atom. The van der Waals surface area contributed by atoms with Crippen LogP contribution in [0.1, 0.15) is 24.6 Å². The Labute approximate surface area is 148 Å². The smallest absolute Gasteiger partial charge is 0.298 e. The molecule has 4 rings (SSSR count). The van der Waals surface area contributed by atoms with Crippen molar-refractivity contribution in [1.82, 2.24) is 19.4 Å². The Bertz CT molecular complexity index is 821. The van der Waals surface area contributed by atoms with Crippen LogP contribution in [-0.2, 0) is 7.05 Å². The number of benzene rings is 1. The lowest BCUT2D eigenvalue weighted by Crippen LogP contribution is -2.41. The first-order valence-corrected chi connectivity index (χ1v) is 8.86. The van der Waals surface area contributed by atoms with Crippen molar-refractivity contribution in [3.63, 3.8) is 0 Å². The number of nitrogens with zero attached hydrogens (tertiary/aromatic N) is 5. The number of piperidine rings is 1. The number of anilines is 1. The van der Waals surface area contributed by atoms with Gasteiger partial charge in [-0.1, -0.05) is 12.1 Å². The molecule has 0 radical (unpaired) electrons. The maximum absolute atomic E-state index is 5.93. The van der Waals surface area contributed by atoms with Crippen molar-refractivity contribution in [1.29, 1.82) is 0 Å². The van der Waals surface area contributed by atoms with Gasteiger partial charge in [-0.25, -0.2) is 4.98 Å². The van der Waals surface area contributed by atoms with Crippen LogP contribution < -0.4 is 4.90 Å². The van der Waals surface area contributed by atoms with Crippen LogP contribution in [0, 0.1) is 5.92 Å². The molecule has 2 aromatic heterocycles. The summed E-state index contributed by atoms with van der Waals surface area (Å²) in [6.07, 6.45) is 6.31. The fraction of sp³-hybridized carbons (Fsp3) is 0.474. The van der Waals surface area contributed by atoms with Crippen molar-refractivity contribution in [2.24, 2.45) is 13.0 Å². The van der Waals surface area contributed by atoms with Gasteiger partial charge >= 0.3 is 0 Å². The van der Waals surface area contributed by atoms with Crippen LogP contribution in [0.3, 0.4) is 0 Å². The molecule has 1 aliphatic heterocycles. The molecule has 1 saturated heterocycles. The van der Waals surface area contributed by atoms with Crippen molar-refractivity contribution in [3.05, 3.63) is 42.5 Å². The Morgan fingerprint density at radius 3 is 2.88 bits per heavy atom. The average molecular weight is 339 g/mol. The summed E-state index contributed by atoms with van der Waals surface area (Å²) in [5.74, 6) is 0.508. The number of hydrogen-bond acceptors (Lipinski definition) is 5. The first kappa shape index (κ1) is 16.1. The van der Waals surface area contributed by atoms with Crippen molar-refractivity contribution >= 4 is 17.1 Å². The lowest BCUT2D eigenvalue weighted by molar-refractivity contribution is 0.118.